The second-order valence-electron chi connectivity index (χ2n) is 5.00. The van der Waals surface area contributed by atoms with Crippen molar-refractivity contribution in [1.82, 2.24) is 0 Å². The number of hydrogen-bond donors (Lipinski definition) is 2. The number of hydrogen-bond acceptors (Lipinski definition) is 2. The highest BCUT2D eigenvalue weighted by Crippen LogP contribution is 2.20. The quantitative estimate of drug-likeness (QED) is 0.859. The molecular formula is C17H19ClN2O. The average Bonchev–Trinajstić information content (AvgIpc) is 2.45. The first-order valence-corrected chi connectivity index (χ1v) is 7.29. The summed E-state index contributed by atoms with van der Waals surface area (Å²) in [4.78, 5) is 11.9. The molecule has 0 radical (unpaired) electrons. The third kappa shape index (κ3) is 4.50. The van der Waals surface area contributed by atoms with Gasteiger partial charge in [0.2, 0.25) is 5.91 Å². The Morgan fingerprint density at radius 2 is 1.86 bits per heavy atom. The number of carbonyl (C=O) groups is 1. The molecule has 0 atom stereocenters. The summed E-state index contributed by atoms with van der Waals surface area (Å²) in [5.74, 6) is -0.0159. The molecule has 0 saturated carbocycles. The van der Waals surface area contributed by atoms with Crippen LogP contribution < -0.4 is 10.6 Å². The fourth-order valence-corrected chi connectivity index (χ4v) is 2.16. The molecule has 0 bridgehead atoms. The first-order valence-electron chi connectivity index (χ1n) is 6.92. The number of halogens is 1. The van der Waals surface area contributed by atoms with Crippen molar-refractivity contribution >= 4 is 28.9 Å². The Labute approximate surface area is 130 Å². The topological polar surface area (TPSA) is 41.1 Å². The zero-order valence-electron chi connectivity index (χ0n) is 12.2. The van der Waals surface area contributed by atoms with Crippen LogP contribution in [0.2, 0.25) is 5.02 Å². The minimum atomic E-state index is -0.0159. The van der Waals surface area contributed by atoms with Gasteiger partial charge in [-0.1, -0.05) is 29.8 Å². The van der Waals surface area contributed by atoms with Crippen LogP contribution in [0.15, 0.2) is 42.5 Å². The molecule has 1 amide bonds. The van der Waals surface area contributed by atoms with Crippen LogP contribution in [0.4, 0.5) is 11.4 Å². The third-order valence-corrected chi connectivity index (χ3v) is 3.66. The van der Waals surface area contributed by atoms with Crippen molar-refractivity contribution in [2.24, 2.45) is 0 Å². The van der Waals surface area contributed by atoms with E-state index in [-0.39, 0.29) is 5.91 Å². The van der Waals surface area contributed by atoms with Crippen molar-refractivity contribution in [2.45, 2.75) is 20.3 Å². The van der Waals surface area contributed by atoms with Crippen LogP contribution in [0.5, 0.6) is 0 Å². The van der Waals surface area contributed by atoms with E-state index in [4.69, 9.17) is 11.6 Å². The van der Waals surface area contributed by atoms with E-state index < -0.39 is 0 Å². The number of anilines is 2. The molecule has 0 fully saturated rings. The Morgan fingerprint density at radius 3 is 2.57 bits per heavy atom. The fourth-order valence-electron chi connectivity index (χ4n) is 1.96. The standard InChI is InChI=1S/C17H19ClN2O/c1-12-7-8-14(11-13(12)2)20-17(21)9-10-19-16-6-4-3-5-15(16)18/h3-8,11,19H,9-10H2,1-2H3,(H,20,21). The highest BCUT2D eigenvalue weighted by molar-refractivity contribution is 6.33. The molecule has 3 nitrogen and oxygen atoms in total. The predicted octanol–water partition coefficient (Wildman–Crippen LogP) is 4.40. The minimum absolute atomic E-state index is 0.0159. The van der Waals surface area contributed by atoms with Crippen molar-refractivity contribution in [3.63, 3.8) is 0 Å². The molecule has 0 saturated heterocycles. The molecule has 110 valence electrons. The molecule has 0 spiro atoms. The van der Waals surface area contributed by atoms with E-state index in [2.05, 4.69) is 17.6 Å². The summed E-state index contributed by atoms with van der Waals surface area (Å²) in [7, 11) is 0. The zero-order chi connectivity index (χ0) is 15.2. The molecule has 0 heterocycles. The van der Waals surface area contributed by atoms with E-state index in [1.165, 1.54) is 11.1 Å². The smallest absolute Gasteiger partial charge is 0.226 e. The highest BCUT2D eigenvalue weighted by atomic mass is 35.5. The van der Waals surface area contributed by atoms with Gasteiger partial charge in [0.15, 0.2) is 0 Å². The van der Waals surface area contributed by atoms with E-state index in [0.717, 1.165) is 11.4 Å². The second-order valence-corrected chi connectivity index (χ2v) is 5.41. The highest BCUT2D eigenvalue weighted by Gasteiger charge is 2.04. The summed E-state index contributed by atoms with van der Waals surface area (Å²) in [5, 5.41) is 6.72. The van der Waals surface area contributed by atoms with E-state index in [0.29, 0.717) is 18.0 Å². The molecule has 4 heteroatoms. The molecule has 2 aromatic rings. The van der Waals surface area contributed by atoms with Gasteiger partial charge in [-0.2, -0.15) is 0 Å². The lowest BCUT2D eigenvalue weighted by molar-refractivity contribution is -0.115. The molecule has 0 unspecified atom stereocenters. The number of benzene rings is 2. The summed E-state index contributed by atoms with van der Waals surface area (Å²) in [6.45, 7) is 4.62. The molecule has 21 heavy (non-hydrogen) atoms. The Bertz CT molecular complexity index is 640. The molecule has 0 aliphatic rings. The first-order chi connectivity index (χ1) is 10.1. The van der Waals surface area contributed by atoms with Crippen molar-refractivity contribution in [1.29, 1.82) is 0 Å². The maximum atomic E-state index is 11.9. The van der Waals surface area contributed by atoms with Gasteiger partial charge in [0, 0.05) is 18.7 Å². The Balaban J connectivity index is 1.82. The summed E-state index contributed by atoms with van der Waals surface area (Å²) in [5.41, 5.74) is 4.06. The largest absolute Gasteiger partial charge is 0.383 e. The monoisotopic (exact) mass is 302 g/mol. The van der Waals surface area contributed by atoms with Gasteiger partial charge in [0.05, 0.1) is 10.7 Å². The van der Waals surface area contributed by atoms with Gasteiger partial charge in [0.25, 0.3) is 0 Å². The number of aryl methyl sites for hydroxylation is 2. The SMILES string of the molecule is Cc1ccc(NC(=O)CCNc2ccccc2Cl)cc1C. The first kappa shape index (κ1) is 15.4. The maximum absolute atomic E-state index is 11.9. The average molecular weight is 303 g/mol. The summed E-state index contributed by atoms with van der Waals surface area (Å²) in [6.07, 6.45) is 0.387. The zero-order valence-corrected chi connectivity index (χ0v) is 13.0. The van der Waals surface area contributed by atoms with Crippen LogP contribution in [-0.4, -0.2) is 12.5 Å². The predicted molar refractivity (Wildman–Crippen MR) is 89.1 cm³/mol. The van der Waals surface area contributed by atoms with E-state index in [1.54, 1.807) is 0 Å². The van der Waals surface area contributed by atoms with Crippen LogP contribution in [-0.2, 0) is 4.79 Å². The lowest BCUT2D eigenvalue weighted by Crippen LogP contribution is -2.16. The lowest BCUT2D eigenvalue weighted by Gasteiger charge is -2.09. The lowest BCUT2D eigenvalue weighted by atomic mass is 10.1. The summed E-state index contributed by atoms with van der Waals surface area (Å²) in [6, 6.07) is 13.4. The van der Waals surface area contributed by atoms with Crippen LogP contribution in [0.3, 0.4) is 0 Å². The molecule has 0 aliphatic heterocycles. The van der Waals surface area contributed by atoms with Crippen LogP contribution in [0.1, 0.15) is 17.5 Å². The van der Waals surface area contributed by atoms with Crippen molar-refractivity contribution < 1.29 is 4.79 Å². The van der Waals surface area contributed by atoms with Gasteiger partial charge >= 0.3 is 0 Å². The molecule has 2 N–H and O–H groups in total. The molecule has 0 aromatic heterocycles. The van der Waals surface area contributed by atoms with Crippen molar-refractivity contribution in [3.05, 3.63) is 58.6 Å². The van der Waals surface area contributed by atoms with Gasteiger partial charge in [0.1, 0.15) is 0 Å². The van der Waals surface area contributed by atoms with Crippen LogP contribution in [0, 0.1) is 13.8 Å². The maximum Gasteiger partial charge on any atom is 0.226 e. The van der Waals surface area contributed by atoms with Gasteiger partial charge in [-0.25, -0.2) is 0 Å². The van der Waals surface area contributed by atoms with Crippen molar-refractivity contribution in [2.75, 3.05) is 17.2 Å². The summed E-state index contributed by atoms with van der Waals surface area (Å²) >= 11 is 6.04. The number of amides is 1. The van der Waals surface area contributed by atoms with Crippen molar-refractivity contribution in [3.8, 4) is 0 Å². The number of nitrogens with one attached hydrogen (secondary N) is 2. The van der Waals surface area contributed by atoms with Gasteiger partial charge in [-0.15, -0.1) is 0 Å². The van der Waals surface area contributed by atoms with Gasteiger partial charge in [-0.3, -0.25) is 4.79 Å². The fraction of sp³-hybridized carbons (Fsp3) is 0.235. The number of carbonyl (C=O) groups excluding carboxylic acids is 1. The third-order valence-electron chi connectivity index (χ3n) is 3.33. The number of para-hydroxylation sites is 1. The molecular weight excluding hydrogens is 284 g/mol. The normalized spacial score (nSPS) is 10.2. The van der Waals surface area contributed by atoms with E-state index >= 15 is 0 Å². The molecule has 2 rings (SSSR count). The second kappa shape index (κ2) is 7.14. The Morgan fingerprint density at radius 1 is 1.10 bits per heavy atom. The van der Waals surface area contributed by atoms with Gasteiger partial charge in [-0.05, 0) is 49.2 Å². The summed E-state index contributed by atoms with van der Waals surface area (Å²) < 4.78 is 0. The van der Waals surface area contributed by atoms with Crippen LogP contribution >= 0.6 is 11.6 Å². The molecule has 2 aromatic carbocycles. The van der Waals surface area contributed by atoms with E-state index in [9.17, 15) is 4.79 Å². The molecule has 0 aliphatic carbocycles. The Kier molecular flexibility index (Phi) is 5.23. The number of rotatable bonds is 5. The van der Waals surface area contributed by atoms with E-state index in [1.807, 2.05) is 49.4 Å². The van der Waals surface area contributed by atoms with Crippen LogP contribution in [0.25, 0.3) is 0 Å². The minimum Gasteiger partial charge on any atom is -0.383 e. The Hall–Kier alpha value is -2.00. The van der Waals surface area contributed by atoms with Gasteiger partial charge < -0.3 is 10.6 Å².